The van der Waals surface area contributed by atoms with Crippen LogP contribution in [0.2, 0.25) is 0 Å². The summed E-state index contributed by atoms with van der Waals surface area (Å²) in [5.74, 6) is -0.897. The van der Waals surface area contributed by atoms with E-state index in [2.05, 4.69) is 97.5 Å². The summed E-state index contributed by atoms with van der Waals surface area (Å²) in [5, 5.41) is 19.5. The van der Waals surface area contributed by atoms with Crippen LogP contribution in [0.5, 0.6) is 0 Å². The summed E-state index contributed by atoms with van der Waals surface area (Å²) in [5.41, 5.74) is 5.74. The molecule has 0 aliphatic heterocycles. The van der Waals surface area contributed by atoms with Crippen molar-refractivity contribution in [3.8, 4) is 0 Å². The van der Waals surface area contributed by atoms with Gasteiger partial charge in [0.05, 0.1) is 24.3 Å². The van der Waals surface area contributed by atoms with E-state index >= 15 is 0 Å². The third-order valence-electron chi connectivity index (χ3n) is 13.8. The molecule has 0 spiro atoms. The minimum absolute atomic E-state index is 0.329. The molecule has 6 aromatic carbocycles. The monoisotopic (exact) mass is 1060 g/mol. The van der Waals surface area contributed by atoms with E-state index < -0.39 is 35.3 Å². The number of carbonyl (C=O) groups is 4. The van der Waals surface area contributed by atoms with Gasteiger partial charge in [-0.15, -0.1) is 0 Å². The predicted octanol–water partition coefficient (Wildman–Crippen LogP) is 18.3. The highest BCUT2D eigenvalue weighted by Gasteiger charge is 2.21. The van der Waals surface area contributed by atoms with Crippen molar-refractivity contribution in [2.75, 3.05) is 34.5 Å². The largest absolute Gasteiger partial charge is 0.462 e. The van der Waals surface area contributed by atoms with Crippen LogP contribution >= 0.6 is 0 Å². The average molecular weight is 1070 g/mol. The van der Waals surface area contributed by atoms with E-state index in [1.54, 1.807) is 77.9 Å². The summed E-state index contributed by atoms with van der Waals surface area (Å²) >= 11 is 0. The van der Waals surface area contributed by atoms with E-state index in [-0.39, 0.29) is 0 Å². The van der Waals surface area contributed by atoms with Crippen LogP contribution in [0.1, 0.15) is 201 Å². The van der Waals surface area contributed by atoms with Gasteiger partial charge in [-0.05, 0) is 159 Å². The molecule has 0 saturated heterocycles. The molecule has 6 aromatic rings. The van der Waals surface area contributed by atoms with E-state index in [0.29, 0.717) is 60.2 Å². The first kappa shape index (κ1) is 60.4. The molecule has 12 nitrogen and oxygen atoms in total. The van der Waals surface area contributed by atoms with Gasteiger partial charge < -0.3 is 29.6 Å². The van der Waals surface area contributed by atoms with Gasteiger partial charge in [-0.3, -0.25) is 10.6 Å². The summed E-state index contributed by atoms with van der Waals surface area (Å²) < 4.78 is 22.6. The first-order chi connectivity index (χ1) is 37.3. The SMILES string of the molecule is CCCCCCCCCCOC(=O)c1cc(NCc2ccc(C)c3c2ccc2ccc4c(CNc5cc(NC(=O)OC(C)(C)C)cc(C(=O)OCCCCCCCCCC)c5)ccc(C)c4c23)cc(NC(=O)OC(C)(C)C)c1. The molecule has 78 heavy (non-hydrogen) atoms. The number of fused-ring (bicyclic) bond motifs is 5. The Bertz CT molecular complexity index is 2790. The Labute approximate surface area is 464 Å². The van der Waals surface area contributed by atoms with E-state index in [1.807, 2.05) is 0 Å². The van der Waals surface area contributed by atoms with Crippen molar-refractivity contribution in [1.82, 2.24) is 0 Å². The lowest BCUT2D eigenvalue weighted by molar-refractivity contribution is 0.0488. The van der Waals surface area contributed by atoms with Crippen molar-refractivity contribution in [2.24, 2.45) is 0 Å². The van der Waals surface area contributed by atoms with E-state index in [4.69, 9.17) is 18.9 Å². The zero-order chi connectivity index (χ0) is 56.2. The number of amides is 2. The van der Waals surface area contributed by atoms with Crippen LogP contribution in [0.4, 0.5) is 32.3 Å². The molecule has 12 heteroatoms. The number of nitrogens with one attached hydrogen (secondary N) is 4. The van der Waals surface area contributed by atoms with Crippen molar-refractivity contribution < 1.29 is 38.1 Å². The Morgan fingerprint density at radius 2 is 0.782 bits per heavy atom. The fourth-order valence-corrected chi connectivity index (χ4v) is 9.92. The normalized spacial score (nSPS) is 11.7. The van der Waals surface area contributed by atoms with Gasteiger partial charge in [-0.1, -0.05) is 152 Å². The molecule has 0 atom stereocenters. The molecule has 0 radical (unpaired) electrons. The van der Waals surface area contributed by atoms with Crippen LogP contribution < -0.4 is 21.3 Å². The first-order valence-corrected chi connectivity index (χ1v) is 28.8. The number of aryl methyl sites for hydroxylation is 2. The number of hydrogen-bond acceptors (Lipinski definition) is 10. The fraction of sp³-hybridized carbons (Fsp3) is 0.485. The van der Waals surface area contributed by atoms with Gasteiger partial charge in [-0.2, -0.15) is 0 Å². The molecular weight excluding hydrogens is 977 g/mol. The number of hydrogen-bond donors (Lipinski definition) is 4. The van der Waals surface area contributed by atoms with E-state index in [0.717, 1.165) is 93.1 Å². The lowest BCUT2D eigenvalue weighted by Crippen LogP contribution is -2.27. The quantitative estimate of drug-likeness (QED) is 0.0162. The van der Waals surface area contributed by atoms with Gasteiger partial charge in [0.1, 0.15) is 11.2 Å². The maximum atomic E-state index is 13.5. The molecule has 4 N–H and O–H groups in total. The molecule has 0 saturated carbocycles. The highest BCUT2D eigenvalue weighted by atomic mass is 16.6. The number of unbranched alkanes of at least 4 members (excludes halogenated alkanes) is 14. The topological polar surface area (TPSA) is 153 Å². The summed E-state index contributed by atoms with van der Waals surface area (Å²) in [6, 6.07) is 27.7. The molecule has 0 fully saturated rings. The second-order valence-corrected chi connectivity index (χ2v) is 22.9. The van der Waals surface area contributed by atoms with Crippen molar-refractivity contribution >= 4 is 79.2 Å². The first-order valence-electron chi connectivity index (χ1n) is 28.8. The average Bonchev–Trinajstić information content (AvgIpc) is 3.57. The number of ether oxygens (including phenoxy) is 4. The zero-order valence-corrected chi connectivity index (χ0v) is 48.5. The van der Waals surface area contributed by atoms with Gasteiger partial charge in [0.2, 0.25) is 0 Å². The van der Waals surface area contributed by atoms with E-state index in [1.165, 1.54) is 64.2 Å². The van der Waals surface area contributed by atoms with Crippen molar-refractivity contribution in [1.29, 1.82) is 0 Å². The highest BCUT2D eigenvalue weighted by Crippen LogP contribution is 2.39. The number of esters is 2. The molecule has 0 aliphatic rings. The Kier molecular flexibility index (Phi) is 22.6. The van der Waals surface area contributed by atoms with Crippen LogP contribution in [-0.4, -0.2) is 48.5 Å². The second kappa shape index (κ2) is 29.2. The molecule has 0 heterocycles. The lowest BCUT2D eigenvalue weighted by atomic mass is 9.89. The summed E-state index contributed by atoms with van der Waals surface area (Å²) in [4.78, 5) is 53.0. The Morgan fingerprint density at radius 1 is 0.423 bits per heavy atom. The lowest BCUT2D eigenvalue weighted by Gasteiger charge is -2.20. The molecule has 2 amide bonds. The molecule has 0 bridgehead atoms. The van der Waals surface area contributed by atoms with Gasteiger partial charge in [0, 0.05) is 35.8 Å². The molecule has 6 rings (SSSR count). The molecule has 0 unspecified atom stereocenters. The van der Waals surface area contributed by atoms with Gasteiger partial charge in [0.25, 0.3) is 0 Å². The third-order valence-corrected chi connectivity index (χ3v) is 13.8. The third kappa shape index (κ3) is 18.7. The summed E-state index contributed by atoms with van der Waals surface area (Å²) in [6.45, 7) is 21.1. The zero-order valence-electron chi connectivity index (χ0n) is 48.5. The van der Waals surface area contributed by atoms with E-state index in [9.17, 15) is 19.2 Å². The van der Waals surface area contributed by atoms with Crippen LogP contribution in [-0.2, 0) is 32.0 Å². The maximum Gasteiger partial charge on any atom is 0.412 e. The maximum absolute atomic E-state index is 13.5. The smallest absolute Gasteiger partial charge is 0.412 e. The minimum Gasteiger partial charge on any atom is -0.462 e. The number of carbonyl (C=O) groups excluding carboxylic acids is 4. The van der Waals surface area contributed by atoms with Crippen LogP contribution in [0, 0.1) is 13.8 Å². The Hall–Kier alpha value is -6.82. The standard InChI is InChI=1S/C66H88N4O8/c1-11-13-15-17-19-21-23-25-35-75-61(71)50-37-52(41-54(39-50)69-63(73)77-65(5,6)7)67-43-48-29-27-45(3)58-56(48)33-31-47-32-34-57-49(30-28-46(4)59(57)60(47)58)44-68-53-38-51(40-55(42-53)70-64(74)78-66(8,9)10)62(72)76-36-26-24-22-20-18-16-14-12-2/h27-34,37-42,67-68H,11-26,35-36,43-44H2,1-10H3,(H,69,73)(H,70,74). The van der Waals surface area contributed by atoms with Crippen LogP contribution in [0.25, 0.3) is 32.3 Å². The van der Waals surface area contributed by atoms with Crippen LogP contribution in [0.3, 0.4) is 0 Å². The summed E-state index contributed by atoms with van der Waals surface area (Å²) in [7, 11) is 0. The number of benzene rings is 6. The molecular formula is C66H88N4O8. The fourth-order valence-electron chi connectivity index (χ4n) is 9.92. The van der Waals surface area contributed by atoms with Crippen molar-refractivity contribution in [3.63, 3.8) is 0 Å². The number of rotatable bonds is 28. The Balaban J connectivity index is 1.24. The summed E-state index contributed by atoms with van der Waals surface area (Å²) in [6.07, 6.45) is 17.0. The molecule has 420 valence electrons. The highest BCUT2D eigenvalue weighted by molar-refractivity contribution is 6.23. The molecule has 0 aromatic heterocycles. The van der Waals surface area contributed by atoms with Crippen LogP contribution in [0.15, 0.2) is 84.9 Å². The van der Waals surface area contributed by atoms with Gasteiger partial charge in [0.15, 0.2) is 0 Å². The predicted molar refractivity (Wildman–Crippen MR) is 321 cm³/mol. The Morgan fingerprint density at radius 3 is 1.15 bits per heavy atom. The van der Waals surface area contributed by atoms with Crippen molar-refractivity contribution in [2.45, 2.75) is 196 Å². The number of anilines is 4. The van der Waals surface area contributed by atoms with Crippen molar-refractivity contribution in [3.05, 3.63) is 118 Å². The second-order valence-electron chi connectivity index (χ2n) is 22.9. The molecule has 0 aliphatic carbocycles. The van der Waals surface area contributed by atoms with Gasteiger partial charge in [-0.25, -0.2) is 19.2 Å². The van der Waals surface area contributed by atoms with Gasteiger partial charge >= 0.3 is 24.1 Å². The minimum atomic E-state index is -0.706.